The second-order valence-corrected chi connectivity index (χ2v) is 5.60. The van der Waals surface area contributed by atoms with Gasteiger partial charge in [-0.1, -0.05) is 12.1 Å². The first kappa shape index (κ1) is 15.9. The SMILES string of the molecule is O=C(O)c1cccc(CC(=O)N2CCN(c3ncccn3)CC2)c1. The summed E-state index contributed by atoms with van der Waals surface area (Å²) in [5.41, 5.74) is 0.917. The predicted molar refractivity (Wildman–Crippen MR) is 87.9 cm³/mol. The lowest BCUT2D eigenvalue weighted by Crippen LogP contribution is -2.49. The number of rotatable bonds is 4. The fourth-order valence-electron chi connectivity index (χ4n) is 2.71. The molecule has 3 rings (SSSR count). The Morgan fingerprint density at radius 1 is 1.04 bits per heavy atom. The largest absolute Gasteiger partial charge is 0.478 e. The zero-order chi connectivity index (χ0) is 16.9. The summed E-state index contributed by atoms with van der Waals surface area (Å²) in [6.45, 7) is 2.58. The van der Waals surface area contributed by atoms with E-state index in [1.165, 1.54) is 6.07 Å². The number of benzene rings is 1. The quantitative estimate of drug-likeness (QED) is 0.904. The molecule has 2 heterocycles. The van der Waals surface area contributed by atoms with Crippen molar-refractivity contribution in [2.75, 3.05) is 31.1 Å². The third kappa shape index (κ3) is 3.68. The second-order valence-electron chi connectivity index (χ2n) is 5.60. The minimum atomic E-state index is -0.985. The molecule has 1 aliphatic heterocycles. The molecular weight excluding hydrogens is 308 g/mol. The summed E-state index contributed by atoms with van der Waals surface area (Å²) in [5.74, 6) is -0.300. The Hall–Kier alpha value is -2.96. The molecule has 1 aromatic carbocycles. The number of carboxylic acids is 1. The molecule has 1 N–H and O–H groups in total. The standard InChI is InChI=1S/C17H18N4O3/c22-15(12-13-3-1-4-14(11-13)16(23)24)20-7-9-21(10-8-20)17-18-5-2-6-19-17/h1-6,11H,7-10,12H2,(H,23,24). The zero-order valence-corrected chi connectivity index (χ0v) is 13.1. The van der Waals surface area contributed by atoms with Gasteiger partial charge in [-0.15, -0.1) is 0 Å². The number of carbonyl (C=O) groups excluding carboxylic acids is 1. The van der Waals surface area contributed by atoms with E-state index in [0.717, 1.165) is 0 Å². The van der Waals surface area contributed by atoms with Crippen LogP contribution in [0.1, 0.15) is 15.9 Å². The van der Waals surface area contributed by atoms with E-state index in [1.807, 2.05) is 0 Å². The Morgan fingerprint density at radius 2 is 1.75 bits per heavy atom. The van der Waals surface area contributed by atoms with Crippen LogP contribution in [0.4, 0.5) is 5.95 Å². The summed E-state index contributed by atoms with van der Waals surface area (Å²) in [7, 11) is 0. The maximum absolute atomic E-state index is 12.4. The summed E-state index contributed by atoms with van der Waals surface area (Å²) < 4.78 is 0. The average molecular weight is 326 g/mol. The number of anilines is 1. The van der Waals surface area contributed by atoms with Gasteiger partial charge in [-0.05, 0) is 23.8 Å². The Balaban J connectivity index is 1.57. The maximum Gasteiger partial charge on any atom is 0.335 e. The number of carboxylic acid groups (broad SMARTS) is 1. The highest BCUT2D eigenvalue weighted by atomic mass is 16.4. The van der Waals surface area contributed by atoms with Crippen molar-refractivity contribution in [3.63, 3.8) is 0 Å². The van der Waals surface area contributed by atoms with E-state index in [9.17, 15) is 9.59 Å². The molecule has 1 aromatic heterocycles. The number of aromatic carboxylic acids is 1. The normalized spacial score (nSPS) is 14.5. The molecule has 1 saturated heterocycles. The number of carbonyl (C=O) groups is 2. The van der Waals surface area contributed by atoms with Crippen LogP contribution in [-0.4, -0.2) is 58.0 Å². The lowest BCUT2D eigenvalue weighted by Gasteiger charge is -2.34. The number of hydrogen-bond acceptors (Lipinski definition) is 5. The summed E-state index contributed by atoms with van der Waals surface area (Å²) in [5, 5.41) is 9.02. The lowest BCUT2D eigenvalue weighted by molar-refractivity contribution is -0.130. The van der Waals surface area contributed by atoms with Crippen molar-refractivity contribution in [1.29, 1.82) is 0 Å². The molecule has 24 heavy (non-hydrogen) atoms. The van der Waals surface area contributed by atoms with Gasteiger partial charge in [0.25, 0.3) is 0 Å². The van der Waals surface area contributed by atoms with E-state index >= 15 is 0 Å². The number of hydrogen-bond donors (Lipinski definition) is 1. The molecule has 0 radical (unpaired) electrons. The van der Waals surface area contributed by atoms with Crippen LogP contribution in [0.25, 0.3) is 0 Å². The van der Waals surface area contributed by atoms with Crippen LogP contribution < -0.4 is 4.90 Å². The van der Waals surface area contributed by atoms with Gasteiger partial charge < -0.3 is 14.9 Å². The third-order valence-corrected chi connectivity index (χ3v) is 4.00. The first-order valence-corrected chi connectivity index (χ1v) is 7.75. The van der Waals surface area contributed by atoms with Gasteiger partial charge >= 0.3 is 5.97 Å². The minimum absolute atomic E-state index is 0.00571. The molecule has 1 amide bonds. The van der Waals surface area contributed by atoms with Crippen molar-refractivity contribution in [3.05, 3.63) is 53.9 Å². The predicted octanol–water partition coefficient (Wildman–Crippen LogP) is 1.07. The first-order valence-electron chi connectivity index (χ1n) is 7.75. The Labute approximate surface area is 139 Å². The monoisotopic (exact) mass is 326 g/mol. The van der Waals surface area contributed by atoms with Crippen molar-refractivity contribution >= 4 is 17.8 Å². The number of aromatic nitrogens is 2. The summed E-state index contributed by atoms with van der Waals surface area (Å²) in [6.07, 6.45) is 3.62. The summed E-state index contributed by atoms with van der Waals surface area (Å²) in [4.78, 5) is 35.7. The number of nitrogens with zero attached hydrogens (tertiary/aromatic N) is 4. The highest BCUT2D eigenvalue weighted by Crippen LogP contribution is 2.12. The van der Waals surface area contributed by atoms with Crippen molar-refractivity contribution in [2.24, 2.45) is 0 Å². The van der Waals surface area contributed by atoms with Gasteiger partial charge in [0.05, 0.1) is 12.0 Å². The molecule has 0 atom stereocenters. The molecule has 7 heteroatoms. The van der Waals surface area contributed by atoms with Gasteiger partial charge in [0.1, 0.15) is 0 Å². The molecule has 1 fully saturated rings. The van der Waals surface area contributed by atoms with Gasteiger partial charge in [0.2, 0.25) is 11.9 Å². The molecule has 0 bridgehead atoms. The molecule has 7 nitrogen and oxygen atoms in total. The lowest BCUT2D eigenvalue weighted by atomic mass is 10.1. The smallest absolute Gasteiger partial charge is 0.335 e. The Bertz CT molecular complexity index is 728. The Morgan fingerprint density at radius 3 is 2.42 bits per heavy atom. The van der Waals surface area contributed by atoms with E-state index in [2.05, 4.69) is 14.9 Å². The van der Waals surface area contributed by atoms with E-state index in [-0.39, 0.29) is 17.9 Å². The fourth-order valence-corrected chi connectivity index (χ4v) is 2.71. The molecule has 1 aliphatic rings. The first-order chi connectivity index (χ1) is 11.6. The van der Waals surface area contributed by atoms with Gasteiger partial charge in [-0.2, -0.15) is 0 Å². The zero-order valence-electron chi connectivity index (χ0n) is 13.1. The fraction of sp³-hybridized carbons (Fsp3) is 0.294. The van der Waals surface area contributed by atoms with Gasteiger partial charge in [0, 0.05) is 38.6 Å². The van der Waals surface area contributed by atoms with Crippen molar-refractivity contribution < 1.29 is 14.7 Å². The molecule has 0 spiro atoms. The van der Waals surface area contributed by atoms with Crippen LogP contribution in [-0.2, 0) is 11.2 Å². The van der Waals surface area contributed by atoms with Gasteiger partial charge in [0.15, 0.2) is 0 Å². The van der Waals surface area contributed by atoms with Crippen LogP contribution in [0.2, 0.25) is 0 Å². The molecule has 0 unspecified atom stereocenters. The number of amides is 1. The highest BCUT2D eigenvalue weighted by Gasteiger charge is 2.22. The van der Waals surface area contributed by atoms with Gasteiger partial charge in [-0.25, -0.2) is 14.8 Å². The summed E-state index contributed by atoms with van der Waals surface area (Å²) >= 11 is 0. The molecule has 0 saturated carbocycles. The molecule has 124 valence electrons. The number of piperazine rings is 1. The second kappa shape index (κ2) is 7.08. The topological polar surface area (TPSA) is 86.6 Å². The third-order valence-electron chi connectivity index (χ3n) is 4.00. The van der Waals surface area contributed by atoms with Crippen LogP contribution in [0.15, 0.2) is 42.7 Å². The van der Waals surface area contributed by atoms with Crippen LogP contribution >= 0.6 is 0 Å². The highest BCUT2D eigenvalue weighted by molar-refractivity contribution is 5.88. The molecular formula is C17H18N4O3. The average Bonchev–Trinajstić information content (AvgIpc) is 2.63. The van der Waals surface area contributed by atoms with Crippen molar-refractivity contribution in [1.82, 2.24) is 14.9 Å². The summed E-state index contributed by atoms with van der Waals surface area (Å²) in [6, 6.07) is 8.28. The van der Waals surface area contributed by atoms with Gasteiger partial charge in [-0.3, -0.25) is 4.79 Å². The Kier molecular flexibility index (Phi) is 4.69. The van der Waals surface area contributed by atoms with Crippen LogP contribution in [0.5, 0.6) is 0 Å². The van der Waals surface area contributed by atoms with E-state index < -0.39 is 5.97 Å². The minimum Gasteiger partial charge on any atom is -0.478 e. The molecule has 2 aromatic rings. The molecule has 0 aliphatic carbocycles. The van der Waals surface area contributed by atoms with E-state index in [0.29, 0.717) is 37.7 Å². The van der Waals surface area contributed by atoms with Crippen molar-refractivity contribution in [3.8, 4) is 0 Å². The van der Waals surface area contributed by atoms with Crippen LogP contribution in [0, 0.1) is 0 Å². The van der Waals surface area contributed by atoms with Crippen LogP contribution in [0.3, 0.4) is 0 Å². The van der Waals surface area contributed by atoms with E-state index in [1.54, 1.807) is 41.6 Å². The van der Waals surface area contributed by atoms with E-state index in [4.69, 9.17) is 5.11 Å². The maximum atomic E-state index is 12.4. The van der Waals surface area contributed by atoms with Crippen molar-refractivity contribution in [2.45, 2.75) is 6.42 Å².